The summed E-state index contributed by atoms with van der Waals surface area (Å²) in [6.07, 6.45) is 0. The summed E-state index contributed by atoms with van der Waals surface area (Å²) in [5.74, 6) is 0. The molecule has 0 bridgehead atoms. The number of nitro benzene ring substituents is 1. The van der Waals surface area contributed by atoms with Gasteiger partial charge in [-0.05, 0) is 26.5 Å². The lowest BCUT2D eigenvalue weighted by molar-refractivity contribution is -0.385. The van der Waals surface area contributed by atoms with Crippen molar-refractivity contribution in [3.05, 3.63) is 45.0 Å². The molecule has 0 aliphatic rings. The lowest BCUT2D eigenvalue weighted by Gasteiger charge is -2.09. The van der Waals surface area contributed by atoms with Crippen LogP contribution < -0.4 is 10.6 Å². The second kappa shape index (κ2) is 6.64. The molecule has 0 saturated carbocycles. The Labute approximate surface area is 127 Å². The highest BCUT2D eigenvalue weighted by atomic mass is 32.1. The van der Waals surface area contributed by atoms with Gasteiger partial charge in [0.05, 0.1) is 21.9 Å². The van der Waals surface area contributed by atoms with Crippen molar-refractivity contribution in [2.24, 2.45) is 0 Å². The molecule has 0 radical (unpaired) electrons. The van der Waals surface area contributed by atoms with Crippen LogP contribution in [0.25, 0.3) is 0 Å². The minimum atomic E-state index is -0.374. The molecule has 1 unspecified atom stereocenters. The Morgan fingerprint density at radius 2 is 2.24 bits per heavy atom. The van der Waals surface area contributed by atoms with Crippen LogP contribution in [0.3, 0.4) is 0 Å². The molecule has 0 fully saturated rings. The van der Waals surface area contributed by atoms with E-state index >= 15 is 0 Å². The van der Waals surface area contributed by atoms with Crippen molar-refractivity contribution in [3.8, 4) is 0 Å². The second-order valence-corrected chi connectivity index (χ2v) is 5.55. The topological polar surface area (TPSA) is 80.1 Å². The fraction of sp³-hybridized carbons (Fsp3) is 0.357. The number of nitrogens with zero attached hydrogens (tertiary/aromatic N) is 2. The number of hydrogen-bond donors (Lipinski definition) is 2. The quantitative estimate of drug-likeness (QED) is 0.627. The summed E-state index contributed by atoms with van der Waals surface area (Å²) in [5.41, 5.74) is 2.39. The molecule has 0 saturated heterocycles. The van der Waals surface area contributed by atoms with Crippen LogP contribution >= 0.6 is 11.3 Å². The molecule has 1 heterocycles. The predicted molar refractivity (Wildman–Crippen MR) is 85.3 cm³/mol. The molecule has 0 spiro atoms. The van der Waals surface area contributed by atoms with Gasteiger partial charge in [0.2, 0.25) is 0 Å². The number of benzene rings is 1. The molecule has 21 heavy (non-hydrogen) atoms. The van der Waals surface area contributed by atoms with Crippen LogP contribution in [0, 0.1) is 17.0 Å². The Morgan fingerprint density at radius 1 is 1.48 bits per heavy atom. The van der Waals surface area contributed by atoms with Crippen molar-refractivity contribution in [3.63, 3.8) is 0 Å². The normalized spacial score (nSPS) is 12.1. The van der Waals surface area contributed by atoms with Gasteiger partial charge in [0, 0.05) is 17.5 Å². The third-order valence-corrected chi connectivity index (χ3v) is 4.00. The third kappa shape index (κ3) is 3.56. The fourth-order valence-corrected chi connectivity index (χ4v) is 2.84. The van der Waals surface area contributed by atoms with Crippen molar-refractivity contribution in [1.29, 1.82) is 0 Å². The number of aromatic nitrogens is 1. The van der Waals surface area contributed by atoms with E-state index in [2.05, 4.69) is 29.5 Å². The van der Waals surface area contributed by atoms with Gasteiger partial charge in [0.1, 0.15) is 0 Å². The van der Waals surface area contributed by atoms with E-state index in [1.54, 1.807) is 13.0 Å². The van der Waals surface area contributed by atoms with Crippen LogP contribution in [0.1, 0.15) is 31.1 Å². The van der Waals surface area contributed by atoms with Crippen LogP contribution in [0.4, 0.5) is 16.5 Å². The van der Waals surface area contributed by atoms with E-state index in [0.29, 0.717) is 11.3 Å². The zero-order valence-corrected chi connectivity index (χ0v) is 13.0. The Kier molecular flexibility index (Phi) is 4.87. The van der Waals surface area contributed by atoms with E-state index in [0.717, 1.165) is 17.4 Å². The van der Waals surface area contributed by atoms with Gasteiger partial charge in [-0.3, -0.25) is 10.1 Å². The summed E-state index contributed by atoms with van der Waals surface area (Å²) < 4.78 is 0. The Hall–Kier alpha value is -1.99. The zero-order chi connectivity index (χ0) is 15.4. The molecular weight excluding hydrogens is 288 g/mol. The highest BCUT2D eigenvalue weighted by Gasteiger charge is 2.15. The number of rotatable bonds is 6. The second-order valence-electron chi connectivity index (χ2n) is 4.69. The maximum absolute atomic E-state index is 10.9. The summed E-state index contributed by atoms with van der Waals surface area (Å²) >= 11 is 1.49. The van der Waals surface area contributed by atoms with Gasteiger partial charge in [0.15, 0.2) is 5.13 Å². The van der Waals surface area contributed by atoms with Crippen LogP contribution in [-0.2, 0) is 0 Å². The van der Waals surface area contributed by atoms with Crippen molar-refractivity contribution in [2.45, 2.75) is 26.8 Å². The summed E-state index contributed by atoms with van der Waals surface area (Å²) in [4.78, 5) is 15.1. The van der Waals surface area contributed by atoms with E-state index in [1.165, 1.54) is 17.4 Å². The zero-order valence-electron chi connectivity index (χ0n) is 12.2. The summed E-state index contributed by atoms with van der Waals surface area (Å²) in [6, 6.07) is 5.18. The Bertz CT molecular complexity index is 642. The highest BCUT2D eigenvalue weighted by molar-refractivity contribution is 7.13. The SMILES string of the molecule is CCNC(C)c1csc(Nc2cccc([N+](=O)[O-])c2C)n1. The molecule has 112 valence electrons. The molecule has 1 atom stereocenters. The maximum atomic E-state index is 10.9. The van der Waals surface area contributed by atoms with Gasteiger partial charge in [-0.15, -0.1) is 11.3 Å². The standard InChI is InChI=1S/C14H18N4O2S/c1-4-15-10(3)12-8-21-14(17-12)16-11-6-5-7-13(9(11)2)18(19)20/h5-8,10,15H,4H2,1-3H3,(H,16,17). The molecule has 0 aliphatic heterocycles. The molecular formula is C14H18N4O2S. The molecule has 7 heteroatoms. The molecule has 0 amide bonds. The minimum Gasteiger partial charge on any atom is -0.331 e. The Balaban J connectivity index is 2.19. The molecule has 1 aromatic heterocycles. The number of nitrogens with one attached hydrogen (secondary N) is 2. The minimum absolute atomic E-state index is 0.109. The summed E-state index contributed by atoms with van der Waals surface area (Å²) in [6.45, 7) is 6.72. The van der Waals surface area contributed by atoms with Gasteiger partial charge >= 0.3 is 0 Å². The molecule has 6 nitrogen and oxygen atoms in total. The van der Waals surface area contributed by atoms with Crippen molar-refractivity contribution in [2.75, 3.05) is 11.9 Å². The molecule has 1 aromatic carbocycles. The van der Waals surface area contributed by atoms with Crippen molar-refractivity contribution in [1.82, 2.24) is 10.3 Å². The van der Waals surface area contributed by atoms with Crippen LogP contribution in [-0.4, -0.2) is 16.5 Å². The molecule has 2 aromatic rings. The molecule has 2 N–H and O–H groups in total. The number of nitro groups is 1. The van der Waals surface area contributed by atoms with E-state index in [-0.39, 0.29) is 16.7 Å². The first-order valence-electron chi connectivity index (χ1n) is 6.72. The maximum Gasteiger partial charge on any atom is 0.274 e. The monoisotopic (exact) mass is 306 g/mol. The largest absolute Gasteiger partial charge is 0.331 e. The average Bonchev–Trinajstić information content (AvgIpc) is 2.90. The first-order chi connectivity index (χ1) is 10.0. The van der Waals surface area contributed by atoms with E-state index in [9.17, 15) is 10.1 Å². The number of thiazole rings is 1. The molecule has 0 aliphatic carbocycles. The third-order valence-electron chi connectivity index (χ3n) is 3.22. The average molecular weight is 306 g/mol. The first-order valence-corrected chi connectivity index (χ1v) is 7.60. The number of hydrogen-bond acceptors (Lipinski definition) is 6. The van der Waals surface area contributed by atoms with E-state index in [1.807, 2.05) is 11.4 Å². The highest BCUT2D eigenvalue weighted by Crippen LogP contribution is 2.29. The van der Waals surface area contributed by atoms with Crippen LogP contribution in [0.15, 0.2) is 23.6 Å². The van der Waals surface area contributed by atoms with Gasteiger partial charge in [-0.1, -0.05) is 13.0 Å². The molecule has 2 rings (SSSR count). The van der Waals surface area contributed by atoms with E-state index in [4.69, 9.17) is 0 Å². The van der Waals surface area contributed by atoms with Crippen LogP contribution in [0.5, 0.6) is 0 Å². The Morgan fingerprint density at radius 3 is 2.90 bits per heavy atom. The van der Waals surface area contributed by atoms with Gasteiger partial charge in [0.25, 0.3) is 5.69 Å². The first kappa shape index (κ1) is 15.4. The van der Waals surface area contributed by atoms with Gasteiger partial charge in [-0.25, -0.2) is 4.98 Å². The van der Waals surface area contributed by atoms with Crippen molar-refractivity contribution >= 4 is 27.8 Å². The predicted octanol–water partition coefficient (Wildman–Crippen LogP) is 3.77. The lowest BCUT2D eigenvalue weighted by Crippen LogP contribution is -2.17. The van der Waals surface area contributed by atoms with Gasteiger partial charge < -0.3 is 10.6 Å². The lowest BCUT2D eigenvalue weighted by atomic mass is 10.1. The number of anilines is 2. The summed E-state index contributed by atoms with van der Waals surface area (Å²) in [5, 5.41) is 20.1. The fourth-order valence-electron chi connectivity index (χ4n) is 2.03. The van der Waals surface area contributed by atoms with Gasteiger partial charge in [-0.2, -0.15) is 0 Å². The van der Waals surface area contributed by atoms with Crippen molar-refractivity contribution < 1.29 is 4.92 Å². The van der Waals surface area contributed by atoms with E-state index < -0.39 is 0 Å². The van der Waals surface area contributed by atoms with Crippen LogP contribution in [0.2, 0.25) is 0 Å². The smallest absolute Gasteiger partial charge is 0.274 e. The summed E-state index contributed by atoms with van der Waals surface area (Å²) in [7, 11) is 0.